The van der Waals surface area contributed by atoms with E-state index in [-0.39, 0.29) is 5.54 Å². The fourth-order valence-electron chi connectivity index (χ4n) is 2.21. The van der Waals surface area contributed by atoms with Crippen LogP contribution in [0.5, 0.6) is 5.75 Å². The fraction of sp³-hybridized carbons (Fsp3) is 0.500. The molecule has 1 aromatic rings. The smallest absolute Gasteiger partial charge is 0.142 e. The van der Waals surface area contributed by atoms with E-state index in [1.165, 1.54) is 0 Å². The predicted octanol–water partition coefficient (Wildman–Crippen LogP) is 2.70. The van der Waals surface area contributed by atoms with Crippen molar-refractivity contribution >= 4 is 12.9 Å². The Bertz CT molecular complexity index is 343. The van der Waals surface area contributed by atoms with Gasteiger partial charge in [-0.15, -0.1) is 0 Å². The summed E-state index contributed by atoms with van der Waals surface area (Å²) in [5.74, 6) is 6.49. The summed E-state index contributed by atoms with van der Waals surface area (Å²) in [4.78, 5) is 0. The van der Waals surface area contributed by atoms with E-state index in [0.717, 1.165) is 29.7 Å². The largest absolute Gasteiger partial charge is 0.429 e. The number of hydrogen-bond donors (Lipinski definition) is 3. The van der Waals surface area contributed by atoms with Crippen LogP contribution in [0.4, 0.5) is 0 Å². The first-order valence-corrected chi connectivity index (χ1v) is 5.91. The molecule has 0 bridgehead atoms. The molecule has 3 N–H and O–H groups in total. The van der Waals surface area contributed by atoms with E-state index in [1.807, 2.05) is 12.1 Å². The molecule has 0 aliphatic carbocycles. The van der Waals surface area contributed by atoms with Gasteiger partial charge in [0.15, 0.2) is 0 Å². The molecule has 0 amide bonds. The molecule has 0 spiro atoms. The average molecular weight is 240 g/mol. The highest BCUT2D eigenvalue weighted by Gasteiger charge is 2.31. The molecule has 1 aromatic carbocycles. The molecule has 0 radical (unpaired) electrons. The van der Waals surface area contributed by atoms with E-state index in [2.05, 4.69) is 45.2 Å². The van der Waals surface area contributed by atoms with E-state index in [9.17, 15) is 0 Å². The lowest BCUT2D eigenvalue weighted by Gasteiger charge is -2.33. The molecule has 4 heteroatoms. The third-order valence-electron chi connectivity index (χ3n) is 3.29. The lowest BCUT2D eigenvalue weighted by Crippen LogP contribution is -2.46. The zero-order valence-corrected chi connectivity index (χ0v) is 11.0. The van der Waals surface area contributed by atoms with Crippen molar-refractivity contribution in [3.05, 3.63) is 29.3 Å². The SMILES string of the molecule is CCC(CC)(NN)c1c(C)cccc1OS. The van der Waals surface area contributed by atoms with Crippen molar-refractivity contribution in [2.45, 2.75) is 39.2 Å². The Morgan fingerprint density at radius 3 is 2.44 bits per heavy atom. The third-order valence-corrected chi connectivity index (χ3v) is 3.49. The van der Waals surface area contributed by atoms with Gasteiger partial charge in [0.25, 0.3) is 0 Å². The van der Waals surface area contributed by atoms with Gasteiger partial charge in [-0.1, -0.05) is 26.0 Å². The van der Waals surface area contributed by atoms with Gasteiger partial charge in [-0.2, -0.15) is 0 Å². The Labute approximate surface area is 103 Å². The highest BCUT2D eigenvalue weighted by Crippen LogP contribution is 2.37. The summed E-state index contributed by atoms with van der Waals surface area (Å²) in [6.45, 7) is 6.28. The van der Waals surface area contributed by atoms with Crippen molar-refractivity contribution in [2.75, 3.05) is 0 Å². The molecular formula is C12H20N2OS. The molecular weight excluding hydrogens is 220 g/mol. The lowest BCUT2D eigenvalue weighted by atomic mass is 9.82. The second-order valence-corrected chi connectivity index (χ2v) is 4.16. The molecule has 0 saturated carbocycles. The molecule has 3 nitrogen and oxygen atoms in total. The first-order chi connectivity index (χ1) is 7.65. The van der Waals surface area contributed by atoms with Gasteiger partial charge in [-0.05, 0) is 31.4 Å². The van der Waals surface area contributed by atoms with Crippen LogP contribution >= 0.6 is 12.9 Å². The number of hydrazine groups is 1. The monoisotopic (exact) mass is 240 g/mol. The Hall–Kier alpha value is -0.710. The molecule has 0 aromatic heterocycles. The Morgan fingerprint density at radius 1 is 1.38 bits per heavy atom. The Balaban J connectivity index is 3.38. The summed E-state index contributed by atoms with van der Waals surface area (Å²) in [5, 5.41) is 0. The molecule has 0 heterocycles. The van der Waals surface area contributed by atoms with E-state index >= 15 is 0 Å². The summed E-state index contributed by atoms with van der Waals surface area (Å²) in [6, 6.07) is 5.92. The molecule has 16 heavy (non-hydrogen) atoms. The van der Waals surface area contributed by atoms with Crippen LogP contribution in [-0.2, 0) is 5.54 Å². The summed E-state index contributed by atoms with van der Waals surface area (Å²) in [7, 11) is 0. The molecule has 0 aliphatic rings. The van der Waals surface area contributed by atoms with Crippen LogP contribution in [0.3, 0.4) is 0 Å². The molecule has 90 valence electrons. The van der Waals surface area contributed by atoms with Crippen LogP contribution < -0.4 is 15.5 Å². The Kier molecular flexibility index (Phi) is 4.65. The van der Waals surface area contributed by atoms with Gasteiger partial charge in [0.1, 0.15) is 5.75 Å². The average Bonchev–Trinajstić information content (AvgIpc) is 2.33. The van der Waals surface area contributed by atoms with Crippen LogP contribution in [0, 0.1) is 6.92 Å². The Morgan fingerprint density at radius 2 is 2.00 bits per heavy atom. The van der Waals surface area contributed by atoms with Crippen LogP contribution in [-0.4, -0.2) is 0 Å². The zero-order valence-electron chi connectivity index (χ0n) is 10.1. The van der Waals surface area contributed by atoms with E-state index in [1.54, 1.807) is 0 Å². The summed E-state index contributed by atoms with van der Waals surface area (Å²) in [5.41, 5.74) is 4.94. The molecule has 0 fully saturated rings. The highest BCUT2D eigenvalue weighted by molar-refractivity contribution is 7.75. The number of hydrogen-bond acceptors (Lipinski definition) is 4. The van der Waals surface area contributed by atoms with Crippen molar-refractivity contribution in [3.63, 3.8) is 0 Å². The third kappa shape index (κ3) is 2.19. The normalized spacial score (nSPS) is 11.6. The predicted molar refractivity (Wildman–Crippen MR) is 70.4 cm³/mol. The first-order valence-electron chi connectivity index (χ1n) is 5.54. The molecule has 0 saturated heterocycles. The zero-order chi connectivity index (χ0) is 12.2. The maximum atomic E-state index is 5.72. The van der Waals surface area contributed by atoms with Gasteiger partial charge in [-0.3, -0.25) is 5.84 Å². The minimum absolute atomic E-state index is 0.247. The minimum atomic E-state index is -0.247. The van der Waals surface area contributed by atoms with Gasteiger partial charge in [0.2, 0.25) is 0 Å². The second-order valence-electron chi connectivity index (χ2n) is 3.97. The van der Waals surface area contributed by atoms with Crippen molar-refractivity contribution in [1.82, 2.24) is 5.43 Å². The van der Waals surface area contributed by atoms with E-state index in [4.69, 9.17) is 10.0 Å². The summed E-state index contributed by atoms with van der Waals surface area (Å²) >= 11 is 3.91. The van der Waals surface area contributed by atoms with E-state index < -0.39 is 0 Å². The van der Waals surface area contributed by atoms with Gasteiger partial charge >= 0.3 is 0 Å². The number of nitrogens with one attached hydrogen (secondary N) is 1. The summed E-state index contributed by atoms with van der Waals surface area (Å²) < 4.78 is 5.14. The topological polar surface area (TPSA) is 47.3 Å². The van der Waals surface area contributed by atoms with Crippen LogP contribution in [0.1, 0.15) is 37.8 Å². The standard InChI is InChI=1S/C12H20N2OS/c1-4-12(5-2,14-13)11-9(3)7-6-8-10(11)15-16/h6-8,14,16H,4-5,13H2,1-3H3. The van der Waals surface area contributed by atoms with Crippen molar-refractivity contribution in [3.8, 4) is 5.75 Å². The van der Waals surface area contributed by atoms with Gasteiger partial charge < -0.3 is 4.18 Å². The van der Waals surface area contributed by atoms with Crippen molar-refractivity contribution < 1.29 is 4.18 Å². The van der Waals surface area contributed by atoms with Crippen LogP contribution in [0.2, 0.25) is 0 Å². The number of rotatable bonds is 5. The lowest BCUT2D eigenvalue weighted by molar-refractivity contribution is 0.307. The second kappa shape index (κ2) is 5.57. The highest BCUT2D eigenvalue weighted by atomic mass is 32.1. The number of aryl methyl sites for hydroxylation is 1. The van der Waals surface area contributed by atoms with Crippen molar-refractivity contribution in [2.24, 2.45) is 5.84 Å². The number of benzene rings is 1. The van der Waals surface area contributed by atoms with Crippen molar-refractivity contribution in [1.29, 1.82) is 0 Å². The fourth-order valence-corrected chi connectivity index (χ4v) is 2.36. The van der Waals surface area contributed by atoms with Crippen LogP contribution in [0.15, 0.2) is 18.2 Å². The first kappa shape index (κ1) is 13.4. The molecule has 0 unspecified atom stereocenters. The van der Waals surface area contributed by atoms with E-state index in [0.29, 0.717) is 0 Å². The quantitative estimate of drug-likeness (QED) is 0.321. The molecule has 0 atom stereocenters. The molecule has 0 aliphatic heterocycles. The minimum Gasteiger partial charge on any atom is -0.429 e. The molecule has 1 rings (SSSR count). The van der Waals surface area contributed by atoms with Gasteiger partial charge in [0.05, 0.1) is 5.54 Å². The number of thiol groups is 1. The maximum Gasteiger partial charge on any atom is 0.142 e. The number of nitrogens with two attached hydrogens (primary N) is 1. The van der Waals surface area contributed by atoms with Crippen LogP contribution in [0.25, 0.3) is 0 Å². The van der Waals surface area contributed by atoms with Gasteiger partial charge in [-0.25, -0.2) is 5.43 Å². The van der Waals surface area contributed by atoms with Gasteiger partial charge in [0, 0.05) is 18.5 Å². The summed E-state index contributed by atoms with van der Waals surface area (Å²) in [6.07, 6.45) is 1.80. The maximum absolute atomic E-state index is 5.72.